The number of aryl methyl sites for hydroxylation is 1. The van der Waals surface area contributed by atoms with Crippen LogP contribution in [0, 0.1) is 6.92 Å². The maximum absolute atomic E-state index is 12.9. The summed E-state index contributed by atoms with van der Waals surface area (Å²) >= 11 is 0. The van der Waals surface area contributed by atoms with Gasteiger partial charge in [-0.25, -0.2) is 4.98 Å². The van der Waals surface area contributed by atoms with Crippen LogP contribution in [0.15, 0.2) is 61.1 Å². The Hall–Kier alpha value is -4.11. The fourth-order valence-corrected chi connectivity index (χ4v) is 4.17. The lowest BCUT2D eigenvalue weighted by molar-refractivity contribution is -0.133. The molecule has 178 valence electrons. The molecule has 3 aromatic heterocycles. The van der Waals surface area contributed by atoms with E-state index in [0.717, 1.165) is 48.2 Å². The number of nitrogens with one attached hydrogen (secondary N) is 1. The Kier molecular flexibility index (Phi) is 6.24. The maximum Gasteiger partial charge on any atom is 0.274 e. The summed E-state index contributed by atoms with van der Waals surface area (Å²) < 4.78 is 1.66. The number of aromatic nitrogens is 4. The van der Waals surface area contributed by atoms with E-state index in [1.54, 1.807) is 29.2 Å². The summed E-state index contributed by atoms with van der Waals surface area (Å²) in [5.74, 6) is -0.236. The molecule has 0 saturated carbocycles. The van der Waals surface area contributed by atoms with Crippen LogP contribution in [-0.4, -0.2) is 74.6 Å². The predicted molar refractivity (Wildman–Crippen MR) is 134 cm³/mol. The van der Waals surface area contributed by atoms with E-state index in [1.165, 1.54) is 0 Å². The van der Waals surface area contributed by atoms with Crippen LogP contribution in [0.2, 0.25) is 0 Å². The van der Waals surface area contributed by atoms with Crippen molar-refractivity contribution in [3.63, 3.8) is 0 Å². The smallest absolute Gasteiger partial charge is 0.274 e. The Morgan fingerprint density at radius 2 is 1.89 bits per heavy atom. The van der Waals surface area contributed by atoms with E-state index in [0.29, 0.717) is 17.1 Å². The summed E-state index contributed by atoms with van der Waals surface area (Å²) in [5, 5.41) is 8.29. The first-order valence-electron chi connectivity index (χ1n) is 11.6. The first-order chi connectivity index (χ1) is 17.0. The third-order valence-corrected chi connectivity index (χ3v) is 6.26. The molecule has 1 aliphatic rings. The molecule has 2 amide bonds. The summed E-state index contributed by atoms with van der Waals surface area (Å²) in [6.45, 7) is 5.43. The highest BCUT2D eigenvalue weighted by Gasteiger charge is 2.19. The number of hydrogen-bond acceptors (Lipinski definition) is 6. The van der Waals surface area contributed by atoms with E-state index >= 15 is 0 Å². The number of hydrogen-bond donors (Lipinski definition) is 1. The van der Waals surface area contributed by atoms with Crippen molar-refractivity contribution in [3.8, 4) is 11.3 Å². The van der Waals surface area contributed by atoms with Gasteiger partial charge < -0.3 is 15.1 Å². The molecule has 1 aromatic carbocycles. The Bertz CT molecular complexity index is 1390. The highest BCUT2D eigenvalue weighted by Crippen LogP contribution is 2.22. The molecule has 1 N–H and O–H groups in total. The highest BCUT2D eigenvalue weighted by atomic mass is 16.2. The minimum Gasteiger partial charge on any atom is -0.339 e. The number of piperazine rings is 1. The van der Waals surface area contributed by atoms with Crippen molar-refractivity contribution in [2.45, 2.75) is 13.5 Å². The van der Waals surface area contributed by atoms with Crippen molar-refractivity contribution >= 4 is 28.4 Å². The van der Waals surface area contributed by atoms with Crippen LogP contribution >= 0.6 is 0 Å². The number of rotatable bonds is 5. The summed E-state index contributed by atoms with van der Waals surface area (Å²) in [6, 6.07) is 12.8. The molecule has 9 nitrogen and oxygen atoms in total. The largest absolute Gasteiger partial charge is 0.339 e. The minimum atomic E-state index is -0.301. The van der Waals surface area contributed by atoms with Crippen LogP contribution in [-0.2, 0) is 11.3 Å². The van der Waals surface area contributed by atoms with Crippen LogP contribution in [0.1, 0.15) is 16.1 Å². The molecule has 0 unspecified atom stereocenters. The number of benzene rings is 1. The second kappa shape index (κ2) is 9.63. The standard InChI is InChI=1S/C26H27N7O2/c1-18-8-9-27-15-21(18)23-4-3-5-24(29-23)26(35)28-20-6-7-22-19(14-20)16-33(30-22)17-25(34)32-12-10-31(2)11-13-32/h3-9,14-16H,10-13,17H2,1-2H3,(H,28,35). The number of pyridine rings is 2. The molecule has 0 atom stereocenters. The molecule has 4 aromatic rings. The number of nitrogens with zero attached hydrogens (tertiary/aromatic N) is 6. The van der Waals surface area contributed by atoms with Crippen LogP contribution in [0.25, 0.3) is 22.2 Å². The molecule has 1 fully saturated rings. The van der Waals surface area contributed by atoms with Crippen LogP contribution in [0.3, 0.4) is 0 Å². The van der Waals surface area contributed by atoms with Gasteiger partial charge in [-0.15, -0.1) is 0 Å². The lowest BCUT2D eigenvalue weighted by Crippen LogP contribution is -2.48. The predicted octanol–water partition coefficient (Wildman–Crippen LogP) is 2.83. The van der Waals surface area contributed by atoms with Crippen molar-refractivity contribution in [2.24, 2.45) is 0 Å². The van der Waals surface area contributed by atoms with E-state index in [2.05, 4.69) is 32.3 Å². The van der Waals surface area contributed by atoms with Gasteiger partial charge in [0, 0.05) is 61.4 Å². The second-order valence-corrected chi connectivity index (χ2v) is 8.84. The first-order valence-corrected chi connectivity index (χ1v) is 11.6. The lowest BCUT2D eigenvalue weighted by Gasteiger charge is -2.32. The van der Waals surface area contributed by atoms with E-state index in [-0.39, 0.29) is 18.4 Å². The molecule has 9 heteroatoms. The summed E-state index contributed by atoms with van der Waals surface area (Å²) in [6.07, 6.45) is 5.32. The summed E-state index contributed by atoms with van der Waals surface area (Å²) in [4.78, 5) is 38.4. The van der Waals surface area contributed by atoms with Gasteiger partial charge in [-0.3, -0.25) is 19.3 Å². The molecule has 35 heavy (non-hydrogen) atoms. The fraction of sp³-hybridized carbons (Fsp3) is 0.269. The molecule has 4 heterocycles. The molecular formula is C26H27N7O2. The van der Waals surface area contributed by atoms with Gasteiger partial charge in [0.1, 0.15) is 12.2 Å². The summed E-state index contributed by atoms with van der Waals surface area (Å²) in [7, 11) is 2.06. The van der Waals surface area contributed by atoms with Gasteiger partial charge in [0.15, 0.2) is 0 Å². The van der Waals surface area contributed by atoms with Crippen molar-refractivity contribution < 1.29 is 9.59 Å². The van der Waals surface area contributed by atoms with Gasteiger partial charge >= 0.3 is 0 Å². The Morgan fingerprint density at radius 1 is 1.06 bits per heavy atom. The van der Waals surface area contributed by atoms with E-state index in [9.17, 15) is 9.59 Å². The molecule has 0 radical (unpaired) electrons. The molecular weight excluding hydrogens is 442 g/mol. The van der Waals surface area contributed by atoms with Crippen LogP contribution in [0.5, 0.6) is 0 Å². The molecule has 1 aliphatic heterocycles. The van der Waals surface area contributed by atoms with Crippen molar-refractivity contribution in [1.29, 1.82) is 0 Å². The topological polar surface area (TPSA) is 96.2 Å². The monoisotopic (exact) mass is 469 g/mol. The van der Waals surface area contributed by atoms with Crippen LogP contribution in [0.4, 0.5) is 5.69 Å². The molecule has 1 saturated heterocycles. The average Bonchev–Trinajstić information content (AvgIpc) is 3.26. The van der Waals surface area contributed by atoms with Gasteiger partial charge in [0.2, 0.25) is 5.91 Å². The number of carbonyl (C=O) groups excluding carboxylic acids is 2. The van der Waals surface area contributed by atoms with Crippen molar-refractivity contribution in [2.75, 3.05) is 38.5 Å². The lowest BCUT2D eigenvalue weighted by atomic mass is 10.1. The zero-order valence-electron chi connectivity index (χ0n) is 19.8. The number of anilines is 1. The van der Waals surface area contributed by atoms with Crippen molar-refractivity contribution in [1.82, 2.24) is 29.5 Å². The molecule has 0 spiro atoms. The van der Waals surface area contributed by atoms with E-state index in [1.807, 2.05) is 48.4 Å². The quantitative estimate of drug-likeness (QED) is 0.483. The maximum atomic E-state index is 12.9. The molecule has 5 rings (SSSR count). The Morgan fingerprint density at radius 3 is 2.69 bits per heavy atom. The summed E-state index contributed by atoms with van der Waals surface area (Å²) in [5.41, 5.74) is 4.35. The van der Waals surface area contributed by atoms with Gasteiger partial charge in [0.25, 0.3) is 5.91 Å². The van der Waals surface area contributed by atoms with Gasteiger partial charge in [-0.1, -0.05) is 6.07 Å². The molecule has 0 aliphatic carbocycles. The minimum absolute atomic E-state index is 0.0641. The second-order valence-electron chi connectivity index (χ2n) is 8.84. The number of fused-ring (bicyclic) bond motifs is 1. The Balaban J connectivity index is 1.28. The van der Waals surface area contributed by atoms with Gasteiger partial charge in [-0.2, -0.15) is 5.10 Å². The van der Waals surface area contributed by atoms with E-state index in [4.69, 9.17) is 0 Å². The highest BCUT2D eigenvalue weighted by molar-refractivity contribution is 6.04. The normalized spacial score (nSPS) is 14.3. The SMILES string of the molecule is Cc1ccncc1-c1cccc(C(=O)Nc2ccc3nn(CC(=O)N4CCN(C)CC4)cc3c2)n1. The Labute approximate surface area is 203 Å². The van der Waals surface area contributed by atoms with Gasteiger partial charge in [-0.05, 0) is 55.9 Å². The number of carbonyl (C=O) groups is 2. The number of amides is 2. The first kappa shape index (κ1) is 22.7. The zero-order chi connectivity index (χ0) is 24.4. The average molecular weight is 470 g/mol. The molecule has 0 bridgehead atoms. The third-order valence-electron chi connectivity index (χ3n) is 6.26. The van der Waals surface area contributed by atoms with Crippen LogP contribution < -0.4 is 5.32 Å². The zero-order valence-corrected chi connectivity index (χ0v) is 19.8. The fourth-order valence-electron chi connectivity index (χ4n) is 4.17. The number of likely N-dealkylation sites (N-methyl/N-ethyl adjacent to an activating group) is 1. The van der Waals surface area contributed by atoms with Gasteiger partial charge in [0.05, 0.1) is 11.2 Å². The van der Waals surface area contributed by atoms with E-state index < -0.39 is 0 Å². The van der Waals surface area contributed by atoms with Crippen molar-refractivity contribution in [3.05, 3.63) is 72.3 Å². The third kappa shape index (κ3) is 5.04.